The van der Waals surface area contributed by atoms with E-state index in [-0.39, 0.29) is 23.6 Å². The average molecular weight is 485 g/mol. The Morgan fingerprint density at radius 3 is 1.33 bits per heavy atom. The number of fused-ring (bicyclic) bond motifs is 8. The predicted molar refractivity (Wildman–Crippen MR) is 122 cm³/mol. The predicted octanol–water partition coefficient (Wildman–Crippen LogP) is 1.16. The van der Waals surface area contributed by atoms with Crippen LogP contribution in [0.2, 0.25) is 0 Å². The van der Waals surface area contributed by atoms with Crippen LogP contribution in [0.25, 0.3) is 0 Å². The zero-order valence-electron chi connectivity index (χ0n) is 16.1. The maximum atomic E-state index is 12.9. The molecule has 5 rings (SSSR count). The highest BCUT2D eigenvalue weighted by Gasteiger charge is 2.42. The molecule has 0 aromatic carbocycles. The van der Waals surface area contributed by atoms with Gasteiger partial charge in [0, 0.05) is 52.1 Å². The molecule has 8 nitrogen and oxygen atoms in total. The van der Waals surface area contributed by atoms with Crippen molar-refractivity contribution in [2.45, 2.75) is 25.7 Å². The Balaban J connectivity index is 1.57. The first-order valence-electron chi connectivity index (χ1n) is 9.74. The molecule has 6 bridgehead atoms. The van der Waals surface area contributed by atoms with E-state index in [9.17, 15) is 19.2 Å². The van der Waals surface area contributed by atoms with Gasteiger partial charge in [0.25, 0.3) is 11.8 Å². The molecule has 0 atom stereocenters. The van der Waals surface area contributed by atoms with E-state index >= 15 is 0 Å². The quantitative estimate of drug-likeness (QED) is 0.474. The first-order chi connectivity index (χ1) is 14.4. The lowest BCUT2D eigenvalue weighted by atomic mass is 10.2. The lowest BCUT2D eigenvalue weighted by Crippen LogP contribution is -2.50. The van der Waals surface area contributed by atoms with Crippen molar-refractivity contribution in [2.24, 2.45) is 0 Å². The number of nitrogens with zero attached hydrogens (tertiary/aromatic N) is 4. The fraction of sp³-hybridized carbons (Fsp3) is 0.556. The second kappa shape index (κ2) is 8.93. The molecule has 0 unspecified atom stereocenters. The maximum absolute atomic E-state index is 12.9. The molecule has 5 heterocycles. The third kappa shape index (κ3) is 4.14. The van der Waals surface area contributed by atoms with E-state index in [0.29, 0.717) is 83.4 Å². The molecule has 0 spiro atoms. The summed E-state index contributed by atoms with van der Waals surface area (Å²) >= 11 is 12.9. The van der Waals surface area contributed by atoms with Crippen LogP contribution in [0.4, 0.5) is 0 Å². The van der Waals surface area contributed by atoms with Crippen LogP contribution in [0, 0.1) is 0 Å². The van der Waals surface area contributed by atoms with Crippen LogP contribution in [0.5, 0.6) is 0 Å². The largest absolute Gasteiger partial charge is 0.339 e. The summed E-state index contributed by atoms with van der Waals surface area (Å²) in [4.78, 5) is 57.9. The summed E-state index contributed by atoms with van der Waals surface area (Å²) in [7, 11) is 0. The summed E-state index contributed by atoms with van der Waals surface area (Å²) in [5.74, 6) is -0.560. The molecule has 0 aromatic rings. The molecule has 0 aromatic heterocycles. The number of thioether (sulfide) groups is 2. The van der Waals surface area contributed by atoms with Gasteiger partial charge in [-0.25, -0.2) is 0 Å². The van der Waals surface area contributed by atoms with Crippen LogP contribution in [0.15, 0.2) is 9.81 Å². The van der Waals surface area contributed by atoms with E-state index in [1.807, 2.05) is 0 Å². The Morgan fingerprint density at radius 1 is 0.600 bits per heavy atom. The van der Waals surface area contributed by atoms with Crippen molar-refractivity contribution in [1.29, 1.82) is 0 Å². The van der Waals surface area contributed by atoms with Gasteiger partial charge in [-0.1, -0.05) is 48.0 Å². The highest BCUT2D eigenvalue weighted by atomic mass is 32.2. The lowest BCUT2D eigenvalue weighted by molar-refractivity contribution is -0.139. The number of piperazine rings is 1. The zero-order chi connectivity index (χ0) is 21.4. The minimum Gasteiger partial charge on any atom is -0.339 e. The highest BCUT2D eigenvalue weighted by molar-refractivity contribution is 8.29. The summed E-state index contributed by atoms with van der Waals surface area (Å²) < 4.78 is 0.787. The molecule has 0 radical (unpaired) electrons. The molecule has 0 saturated carbocycles. The Labute approximate surface area is 193 Å². The number of carbonyl (C=O) groups is 4. The van der Waals surface area contributed by atoms with E-state index in [1.54, 1.807) is 9.80 Å². The molecular formula is C18H20N4O4S4. The third-order valence-corrected chi connectivity index (χ3v) is 8.46. The van der Waals surface area contributed by atoms with Gasteiger partial charge in [-0.05, 0) is 12.8 Å². The van der Waals surface area contributed by atoms with E-state index < -0.39 is 0 Å². The summed E-state index contributed by atoms with van der Waals surface area (Å²) in [6.07, 6.45) is 1.59. The second-order valence-electron chi connectivity index (χ2n) is 7.28. The molecule has 4 amide bonds. The Kier molecular flexibility index (Phi) is 6.47. The molecule has 0 N–H and O–H groups in total. The van der Waals surface area contributed by atoms with Crippen LogP contribution in [0.1, 0.15) is 25.7 Å². The first kappa shape index (κ1) is 21.7. The highest BCUT2D eigenvalue weighted by Crippen LogP contribution is 2.42. The second-order valence-corrected chi connectivity index (χ2v) is 10.6. The molecule has 5 aliphatic rings. The van der Waals surface area contributed by atoms with E-state index in [0.717, 1.165) is 23.5 Å². The van der Waals surface area contributed by atoms with E-state index in [4.69, 9.17) is 24.4 Å². The molecule has 30 heavy (non-hydrogen) atoms. The molecule has 12 heteroatoms. The van der Waals surface area contributed by atoms with Gasteiger partial charge in [0.1, 0.15) is 8.64 Å². The summed E-state index contributed by atoms with van der Waals surface area (Å²) in [5.41, 5.74) is 0. The average Bonchev–Trinajstić information content (AvgIpc) is 3.17. The van der Waals surface area contributed by atoms with Crippen LogP contribution < -0.4 is 0 Å². The van der Waals surface area contributed by atoms with Crippen LogP contribution in [-0.2, 0) is 19.2 Å². The number of amides is 4. The Morgan fingerprint density at radius 2 is 0.967 bits per heavy atom. The minimum atomic E-state index is -0.303. The number of rotatable bonds is 0. The fourth-order valence-corrected chi connectivity index (χ4v) is 6.53. The van der Waals surface area contributed by atoms with Crippen molar-refractivity contribution in [1.82, 2.24) is 19.6 Å². The maximum Gasteiger partial charge on any atom is 0.267 e. The minimum absolute atomic E-state index is 0.0227. The Bertz CT molecular complexity index is 811. The fourth-order valence-electron chi connectivity index (χ4n) is 3.75. The van der Waals surface area contributed by atoms with Crippen molar-refractivity contribution in [2.75, 3.05) is 39.3 Å². The third-order valence-electron chi connectivity index (χ3n) is 5.43. The van der Waals surface area contributed by atoms with Crippen molar-refractivity contribution in [3.8, 4) is 0 Å². The molecule has 5 aliphatic heterocycles. The van der Waals surface area contributed by atoms with Gasteiger partial charge >= 0.3 is 0 Å². The van der Waals surface area contributed by atoms with E-state index in [2.05, 4.69) is 0 Å². The molecule has 3 fully saturated rings. The molecular weight excluding hydrogens is 464 g/mol. The van der Waals surface area contributed by atoms with Crippen molar-refractivity contribution >= 4 is 80.2 Å². The smallest absolute Gasteiger partial charge is 0.267 e. The summed E-state index contributed by atoms with van der Waals surface area (Å²) in [5, 5.41) is 0. The van der Waals surface area contributed by atoms with Gasteiger partial charge in [-0.15, -0.1) is 0 Å². The monoisotopic (exact) mass is 484 g/mol. The van der Waals surface area contributed by atoms with Crippen LogP contribution >= 0.6 is 48.0 Å². The van der Waals surface area contributed by atoms with Gasteiger partial charge in [0.05, 0.1) is 9.81 Å². The number of thiocarbonyl (C=S) groups is 2. The number of carbonyl (C=O) groups excluding carboxylic acids is 4. The molecule has 3 saturated heterocycles. The Hall–Kier alpha value is -1.50. The number of hydrogen-bond acceptors (Lipinski definition) is 8. The van der Waals surface area contributed by atoms with Gasteiger partial charge in [-0.2, -0.15) is 0 Å². The lowest BCUT2D eigenvalue weighted by Gasteiger charge is -2.35. The normalized spacial score (nSPS) is 24.4. The van der Waals surface area contributed by atoms with Gasteiger partial charge in [0.15, 0.2) is 0 Å². The first-order valence-corrected chi connectivity index (χ1v) is 12.2. The standard InChI is InChI=1S/C18H20N4O4S4/c23-11-3-1-5-21-15(25)13(29-17(21)27)14-16(26)22(18(28)30-14)6-2-4-12(24)20-9-7-19(11)8-10-20/h1-10H2. The topological polar surface area (TPSA) is 81.2 Å². The van der Waals surface area contributed by atoms with Gasteiger partial charge < -0.3 is 9.80 Å². The zero-order valence-corrected chi connectivity index (χ0v) is 19.4. The van der Waals surface area contributed by atoms with Crippen LogP contribution in [-0.4, -0.2) is 91.1 Å². The molecule has 0 aliphatic carbocycles. The van der Waals surface area contributed by atoms with Gasteiger partial charge in [-0.3, -0.25) is 29.0 Å². The van der Waals surface area contributed by atoms with E-state index in [1.165, 1.54) is 9.80 Å². The SMILES string of the molecule is O=C1CCCN2C(=O)C(=C3SC(=S)N(CCCC(=O)N4CCN1CC4)C3=O)SC2=S. The molecule has 160 valence electrons. The number of hydrogen-bond donors (Lipinski definition) is 0. The van der Waals surface area contributed by atoms with Crippen molar-refractivity contribution < 1.29 is 19.2 Å². The summed E-state index contributed by atoms with van der Waals surface area (Å²) in [6.45, 7) is 2.73. The van der Waals surface area contributed by atoms with Crippen LogP contribution in [0.3, 0.4) is 0 Å². The van der Waals surface area contributed by atoms with Crippen molar-refractivity contribution in [3.05, 3.63) is 9.81 Å². The van der Waals surface area contributed by atoms with Gasteiger partial charge in [0.2, 0.25) is 11.8 Å². The van der Waals surface area contributed by atoms with Crippen molar-refractivity contribution in [3.63, 3.8) is 0 Å². The summed E-state index contributed by atoms with van der Waals surface area (Å²) in [6, 6.07) is 0.